The minimum Gasteiger partial charge on any atom is -0.491 e. The Morgan fingerprint density at radius 3 is 2.65 bits per heavy atom. The average Bonchev–Trinajstić information content (AvgIpc) is 3.51. The summed E-state index contributed by atoms with van der Waals surface area (Å²) >= 11 is 0. The Morgan fingerprint density at radius 2 is 1.88 bits per heavy atom. The van der Waals surface area contributed by atoms with Gasteiger partial charge in [0.15, 0.2) is 5.96 Å². The van der Waals surface area contributed by atoms with Gasteiger partial charge in [0.25, 0.3) is 5.91 Å². The Labute approximate surface area is 228 Å². The third-order valence-electron chi connectivity index (χ3n) is 6.48. The fraction of sp³-hybridized carbons (Fsp3) is 0.179. The molecule has 1 amide bonds. The molecule has 7 N–H and O–H groups in total. The summed E-state index contributed by atoms with van der Waals surface area (Å²) in [4.78, 5) is 41.1. The fourth-order valence-corrected chi connectivity index (χ4v) is 4.50. The maximum Gasteiger partial charge on any atom is 0.339 e. The Kier molecular flexibility index (Phi) is 7.06. The fourth-order valence-electron chi connectivity index (χ4n) is 4.50. The zero-order chi connectivity index (χ0) is 28.4. The van der Waals surface area contributed by atoms with Crippen molar-refractivity contribution in [1.29, 1.82) is 0 Å². The number of H-pyrrole nitrogens is 1. The highest BCUT2D eigenvalue weighted by Crippen LogP contribution is 2.28. The number of nitrogens with two attached hydrogens (primary N) is 2. The van der Waals surface area contributed by atoms with Crippen molar-refractivity contribution < 1.29 is 19.4 Å². The van der Waals surface area contributed by atoms with Crippen LogP contribution < -0.4 is 21.5 Å². The first-order valence-corrected chi connectivity index (χ1v) is 12.5. The van der Waals surface area contributed by atoms with Gasteiger partial charge in [0.05, 0.1) is 40.2 Å². The van der Waals surface area contributed by atoms with Crippen LogP contribution >= 0.6 is 0 Å². The molecular formula is C28H28N8O4. The first-order valence-electron chi connectivity index (χ1n) is 12.5. The van der Waals surface area contributed by atoms with E-state index >= 15 is 0 Å². The second kappa shape index (κ2) is 10.8. The summed E-state index contributed by atoms with van der Waals surface area (Å²) in [6.07, 6.45) is 0. The molecule has 0 bridgehead atoms. The van der Waals surface area contributed by atoms with Gasteiger partial charge in [-0.2, -0.15) is 0 Å². The molecule has 204 valence electrons. The molecule has 1 atom stereocenters. The molecule has 2 aromatic heterocycles. The van der Waals surface area contributed by atoms with Gasteiger partial charge < -0.3 is 36.2 Å². The number of aromatic amines is 1. The lowest BCUT2D eigenvalue weighted by atomic mass is 10.1. The zero-order valence-corrected chi connectivity index (χ0v) is 21.9. The number of carbonyl (C=O) groups is 2. The lowest BCUT2D eigenvalue weighted by Gasteiger charge is -2.10. The number of fused-ring (bicyclic) bond motifs is 2. The van der Waals surface area contributed by atoms with Crippen molar-refractivity contribution in [3.05, 3.63) is 83.4 Å². The van der Waals surface area contributed by atoms with Gasteiger partial charge in [-0.25, -0.2) is 19.8 Å². The van der Waals surface area contributed by atoms with Crippen LogP contribution in [0.15, 0.2) is 65.7 Å². The molecule has 0 saturated heterocycles. The van der Waals surface area contributed by atoms with E-state index in [1.807, 2.05) is 30.7 Å². The Balaban J connectivity index is 1.29. The summed E-state index contributed by atoms with van der Waals surface area (Å²) in [7, 11) is 1.90. The zero-order valence-electron chi connectivity index (χ0n) is 21.9. The summed E-state index contributed by atoms with van der Waals surface area (Å²) < 4.78 is 7.50. The van der Waals surface area contributed by atoms with Crippen LogP contribution in [-0.2, 0) is 7.05 Å². The number of imidazole rings is 2. The SMILES string of the molecule is CC(c1nc2ccc(N=C(N)N)cc2[nH]1)c1nc2ccc(C(=O)NCCOc3ccccc3C(=O)O)cc2n1C. The topological polar surface area (TPSA) is 187 Å². The second-order valence-electron chi connectivity index (χ2n) is 9.22. The first-order chi connectivity index (χ1) is 19.2. The standard InChI is InChI=1S/C28H28N8O4/c1-15(24-33-19-10-8-17(32-28(29)30)14-21(19)34-24)25-35-20-9-7-16(13-22(20)36(25)2)26(37)31-11-12-40-23-6-4-3-5-18(23)27(38)39/h3-10,13-15H,11-12H2,1-2H3,(H,31,37)(H,33,34)(H,38,39)(H4,29,30,32). The van der Waals surface area contributed by atoms with Crippen molar-refractivity contribution in [3.63, 3.8) is 0 Å². The van der Waals surface area contributed by atoms with E-state index < -0.39 is 5.97 Å². The number of carboxylic acid groups (broad SMARTS) is 1. The third kappa shape index (κ3) is 5.27. The van der Waals surface area contributed by atoms with Crippen molar-refractivity contribution >= 4 is 45.6 Å². The number of hydrogen-bond donors (Lipinski definition) is 5. The van der Waals surface area contributed by atoms with Gasteiger partial charge in [-0.1, -0.05) is 12.1 Å². The largest absolute Gasteiger partial charge is 0.491 e. The van der Waals surface area contributed by atoms with Crippen LogP contribution in [0.4, 0.5) is 5.69 Å². The molecule has 0 radical (unpaired) electrons. The number of aromatic carboxylic acids is 1. The average molecular weight is 541 g/mol. The van der Waals surface area contributed by atoms with E-state index in [-0.39, 0.29) is 42.2 Å². The Hall–Kier alpha value is -5.39. The highest BCUT2D eigenvalue weighted by molar-refractivity contribution is 5.97. The van der Waals surface area contributed by atoms with Crippen LogP contribution in [0.2, 0.25) is 0 Å². The van der Waals surface area contributed by atoms with Crippen molar-refractivity contribution in [2.45, 2.75) is 12.8 Å². The van der Waals surface area contributed by atoms with Crippen LogP contribution in [0.1, 0.15) is 45.2 Å². The van der Waals surface area contributed by atoms with Gasteiger partial charge in [-0.05, 0) is 55.5 Å². The Morgan fingerprint density at radius 1 is 1.10 bits per heavy atom. The van der Waals surface area contributed by atoms with Gasteiger partial charge in [0.2, 0.25) is 0 Å². The lowest BCUT2D eigenvalue weighted by molar-refractivity contribution is 0.0691. The summed E-state index contributed by atoms with van der Waals surface area (Å²) in [6, 6.07) is 17.1. The van der Waals surface area contributed by atoms with Crippen molar-refractivity contribution in [2.75, 3.05) is 13.2 Å². The second-order valence-corrected chi connectivity index (χ2v) is 9.22. The molecule has 12 nitrogen and oxygen atoms in total. The molecule has 5 rings (SSSR count). The van der Waals surface area contributed by atoms with E-state index in [9.17, 15) is 14.7 Å². The number of para-hydroxylation sites is 1. The minimum absolute atomic E-state index is 0.0185. The van der Waals surface area contributed by atoms with E-state index in [0.29, 0.717) is 11.3 Å². The van der Waals surface area contributed by atoms with E-state index in [1.54, 1.807) is 42.5 Å². The summed E-state index contributed by atoms with van der Waals surface area (Å²) in [5.41, 5.74) is 15.3. The quantitative estimate of drug-likeness (QED) is 0.107. The van der Waals surface area contributed by atoms with Crippen molar-refractivity contribution in [1.82, 2.24) is 24.8 Å². The molecule has 5 aromatic rings. The van der Waals surface area contributed by atoms with Gasteiger partial charge in [-0.15, -0.1) is 0 Å². The molecule has 0 aliphatic heterocycles. The van der Waals surface area contributed by atoms with E-state index in [1.165, 1.54) is 6.07 Å². The lowest BCUT2D eigenvalue weighted by Crippen LogP contribution is -2.28. The summed E-state index contributed by atoms with van der Waals surface area (Å²) in [5.74, 6) is 0.228. The number of aromatic nitrogens is 4. The summed E-state index contributed by atoms with van der Waals surface area (Å²) in [5, 5.41) is 12.1. The molecule has 2 heterocycles. The molecule has 0 saturated carbocycles. The van der Waals surface area contributed by atoms with E-state index in [2.05, 4.69) is 15.3 Å². The smallest absolute Gasteiger partial charge is 0.339 e. The number of benzene rings is 3. The number of carbonyl (C=O) groups excluding carboxylic acids is 1. The monoisotopic (exact) mass is 540 g/mol. The highest BCUT2D eigenvalue weighted by Gasteiger charge is 2.20. The number of rotatable bonds is 9. The van der Waals surface area contributed by atoms with Crippen molar-refractivity contribution in [2.24, 2.45) is 23.5 Å². The molecule has 0 fully saturated rings. The minimum atomic E-state index is -1.07. The van der Waals surface area contributed by atoms with Crippen LogP contribution in [0, 0.1) is 0 Å². The summed E-state index contributed by atoms with van der Waals surface area (Å²) in [6.45, 7) is 2.33. The molecule has 3 aromatic carbocycles. The maximum atomic E-state index is 12.8. The van der Waals surface area contributed by atoms with Crippen LogP contribution in [0.5, 0.6) is 5.75 Å². The van der Waals surface area contributed by atoms with Gasteiger partial charge in [0, 0.05) is 12.6 Å². The normalized spacial score (nSPS) is 11.8. The molecule has 0 aliphatic carbocycles. The number of carboxylic acids is 1. The molecule has 0 aliphatic rings. The predicted molar refractivity (Wildman–Crippen MR) is 151 cm³/mol. The van der Waals surface area contributed by atoms with Gasteiger partial charge in [-0.3, -0.25) is 4.79 Å². The van der Waals surface area contributed by atoms with Crippen LogP contribution in [0.3, 0.4) is 0 Å². The Bertz CT molecular complexity index is 1770. The van der Waals surface area contributed by atoms with Gasteiger partial charge >= 0.3 is 5.97 Å². The maximum absolute atomic E-state index is 12.8. The number of guanidine groups is 1. The molecule has 12 heteroatoms. The number of ether oxygens (including phenoxy) is 1. The van der Waals surface area contributed by atoms with Crippen molar-refractivity contribution in [3.8, 4) is 5.75 Å². The molecular weight excluding hydrogens is 512 g/mol. The van der Waals surface area contributed by atoms with E-state index in [0.717, 1.165) is 33.7 Å². The molecule has 1 unspecified atom stereocenters. The van der Waals surface area contributed by atoms with E-state index in [4.69, 9.17) is 26.2 Å². The molecule has 0 spiro atoms. The predicted octanol–water partition coefficient (Wildman–Crippen LogP) is 3.01. The first kappa shape index (κ1) is 26.2. The number of amides is 1. The van der Waals surface area contributed by atoms with Crippen LogP contribution in [-0.4, -0.2) is 55.6 Å². The van der Waals surface area contributed by atoms with Crippen LogP contribution in [0.25, 0.3) is 22.1 Å². The highest BCUT2D eigenvalue weighted by atomic mass is 16.5. The number of hydrogen-bond acceptors (Lipinski definition) is 6. The number of aryl methyl sites for hydroxylation is 1. The third-order valence-corrected chi connectivity index (χ3v) is 6.48. The van der Waals surface area contributed by atoms with Gasteiger partial charge in [0.1, 0.15) is 29.6 Å². The molecule has 40 heavy (non-hydrogen) atoms. The number of nitrogens with one attached hydrogen (secondary N) is 2. The number of aliphatic imine (C=N–C) groups is 1. The number of nitrogens with zero attached hydrogens (tertiary/aromatic N) is 4.